The highest BCUT2D eigenvalue weighted by molar-refractivity contribution is 5.81. The van der Waals surface area contributed by atoms with Crippen LogP contribution in [0, 0.1) is 5.41 Å². The first-order chi connectivity index (χ1) is 9.26. The number of aryl methyl sites for hydroxylation is 1. The highest BCUT2D eigenvalue weighted by Crippen LogP contribution is 2.48. The van der Waals surface area contributed by atoms with Crippen LogP contribution in [0.5, 0.6) is 0 Å². The maximum Gasteiger partial charge on any atom is 0.0709 e. The van der Waals surface area contributed by atoms with Gasteiger partial charge in [0.25, 0.3) is 0 Å². The van der Waals surface area contributed by atoms with Crippen molar-refractivity contribution in [2.24, 2.45) is 12.5 Å². The predicted molar refractivity (Wildman–Crippen MR) is 77.1 cm³/mol. The fourth-order valence-corrected chi connectivity index (χ4v) is 3.02. The molecule has 3 heteroatoms. The van der Waals surface area contributed by atoms with E-state index in [1.54, 1.807) is 0 Å². The fraction of sp³-hybridized carbons (Fsp3) is 0.562. The highest BCUT2D eigenvalue weighted by Gasteiger charge is 2.44. The van der Waals surface area contributed by atoms with Crippen molar-refractivity contribution in [1.82, 2.24) is 15.1 Å². The summed E-state index contributed by atoms with van der Waals surface area (Å²) in [6.07, 6.45) is 6.61. The van der Waals surface area contributed by atoms with Crippen molar-refractivity contribution >= 4 is 10.9 Å². The molecule has 0 spiro atoms. The Bertz CT molecular complexity index is 605. The topological polar surface area (TPSA) is 29.9 Å². The standard InChI is InChI=1S/C16H21N3/c1-19-15-5-3-2-4-13(15)14(18-19)10-16(8-9-16)11-17-12-6-7-12/h2-5,12,17H,6-11H2,1H3. The third-order valence-corrected chi connectivity index (χ3v) is 4.68. The number of hydrogen-bond acceptors (Lipinski definition) is 2. The van der Waals surface area contributed by atoms with Crippen LogP contribution < -0.4 is 5.32 Å². The second kappa shape index (κ2) is 4.07. The molecule has 1 aromatic heterocycles. The minimum absolute atomic E-state index is 0.500. The van der Waals surface area contributed by atoms with E-state index < -0.39 is 0 Å². The first-order valence-electron chi connectivity index (χ1n) is 7.40. The van der Waals surface area contributed by atoms with Gasteiger partial charge in [-0.25, -0.2) is 0 Å². The Morgan fingerprint density at radius 3 is 2.84 bits per heavy atom. The van der Waals surface area contributed by atoms with E-state index in [9.17, 15) is 0 Å². The summed E-state index contributed by atoms with van der Waals surface area (Å²) in [6, 6.07) is 9.40. The first kappa shape index (κ1) is 11.5. The number of nitrogens with zero attached hydrogens (tertiary/aromatic N) is 2. The van der Waals surface area contributed by atoms with Gasteiger partial charge < -0.3 is 5.32 Å². The fourth-order valence-electron chi connectivity index (χ4n) is 3.02. The minimum Gasteiger partial charge on any atom is -0.313 e. The van der Waals surface area contributed by atoms with Crippen molar-refractivity contribution in [3.8, 4) is 0 Å². The van der Waals surface area contributed by atoms with E-state index in [1.807, 2.05) is 11.7 Å². The van der Waals surface area contributed by atoms with Gasteiger partial charge >= 0.3 is 0 Å². The molecule has 1 aromatic carbocycles. The Kier molecular flexibility index (Phi) is 2.46. The zero-order chi connectivity index (χ0) is 12.9. The van der Waals surface area contributed by atoms with E-state index in [4.69, 9.17) is 5.10 Å². The molecular formula is C16H21N3. The third kappa shape index (κ3) is 2.16. The second-order valence-corrected chi connectivity index (χ2v) is 6.42. The molecule has 0 saturated heterocycles. The molecule has 19 heavy (non-hydrogen) atoms. The largest absolute Gasteiger partial charge is 0.313 e. The molecular weight excluding hydrogens is 234 g/mol. The lowest BCUT2D eigenvalue weighted by Crippen LogP contribution is -2.27. The number of rotatable bonds is 5. The smallest absolute Gasteiger partial charge is 0.0709 e. The SMILES string of the molecule is Cn1nc(CC2(CNC3CC3)CC2)c2ccccc21. The van der Waals surface area contributed by atoms with Crippen LogP contribution in [-0.2, 0) is 13.5 Å². The van der Waals surface area contributed by atoms with Gasteiger partial charge in [0.15, 0.2) is 0 Å². The highest BCUT2D eigenvalue weighted by atomic mass is 15.3. The summed E-state index contributed by atoms with van der Waals surface area (Å²) < 4.78 is 2.02. The molecule has 0 radical (unpaired) electrons. The summed E-state index contributed by atoms with van der Waals surface area (Å²) in [7, 11) is 2.05. The van der Waals surface area contributed by atoms with E-state index in [2.05, 4.69) is 29.6 Å². The molecule has 2 fully saturated rings. The summed E-state index contributed by atoms with van der Waals surface area (Å²) in [5, 5.41) is 9.78. The molecule has 0 aliphatic heterocycles. The van der Waals surface area contributed by atoms with Gasteiger partial charge in [0, 0.05) is 25.0 Å². The summed E-state index contributed by atoms with van der Waals surface area (Å²) in [5.41, 5.74) is 3.04. The Morgan fingerprint density at radius 1 is 1.32 bits per heavy atom. The zero-order valence-electron chi connectivity index (χ0n) is 11.5. The third-order valence-electron chi connectivity index (χ3n) is 4.68. The summed E-state index contributed by atoms with van der Waals surface area (Å²) in [6.45, 7) is 1.18. The van der Waals surface area contributed by atoms with Crippen LogP contribution in [0.1, 0.15) is 31.4 Å². The molecule has 1 N–H and O–H groups in total. The number of para-hydroxylation sites is 1. The van der Waals surface area contributed by atoms with Crippen molar-refractivity contribution in [2.45, 2.75) is 38.1 Å². The number of benzene rings is 1. The van der Waals surface area contributed by atoms with Gasteiger partial charge in [0.05, 0.1) is 11.2 Å². The molecule has 1 heterocycles. The summed E-state index contributed by atoms with van der Waals surface area (Å²) in [5.74, 6) is 0. The molecule has 0 bridgehead atoms. The molecule has 0 amide bonds. The summed E-state index contributed by atoms with van der Waals surface area (Å²) >= 11 is 0. The lowest BCUT2D eigenvalue weighted by Gasteiger charge is -2.14. The molecule has 4 rings (SSSR count). The Labute approximate surface area is 114 Å². The van der Waals surface area contributed by atoms with Crippen LogP contribution in [0.4, 0.5) is 0 Å². The average Bonchev–Trinajstić information content (AvgIpc) is 3.32. The number of nitrogens with one attached hydrogen (secondary N) is 1. The van der Waals surface area contributed by atoms with Crippen LogP contribution in [0.15, 0.2) is 24.3 Å². The van der Waals surface area contributed by atoms with E-state index in [-0.39, 0.29) is 0 Å². The molecule has 0 unspecified atom stereocenters. The Balaban J connectivity index is 1.57. The van der Waals surface area contributed by atoms with E-state index in [0.717, 1.165) is 12.5 Å². The lowest BCUT2D eigenvalue weighted by atomic mass is 9.98. The molecule has 0 atom stereocenters. The van der Waals surface area contributed by atoms with Crippen molar-refractivity contribution in [3.05, 3.63) is 30.0 Å². The monoisotopic (exact) mass is 255 g/mol. The van der Waals surface area contributed by atoms with Crippen molar-refractivity contribution in [2.75, 3.05) is 6.54 Å². The van der Waals surface area contributed by atoms with Gasteiger partial charge in [-0.15, -0.1) is 0 Å². The van der Waals surface area contributed by atoms with Gasteiger partial charge in [-0.2, -0.15) is 5.10 Å². The maximum atomic E-state index is 4.75. The van der Waals surface area contributed by atoms with Crippen molar-refractivity contribution in [1.29, 1.82) is 0 Å². The van der Waals surface area contributed by atoms with Crippen molar-refractivity contribution in [3.63, 3.8) is 0 Å². The zero-order valence-corrected chi connectivity index (χ0v) is 11.5. The number of aromatic nitrogens is 2. The average molecular weight is 255 g/mol. The van der Waals surface area contributed by atoms with Gasteiger partial charge in [-0.05, 0) is 43.6 Å². The van der Waals surface area contributed by atoms with Crippen LogP contribution in [0.3, 0.4) is 0 Å². The second-order valence-electron chi connectivity index (χ2n) is 6.42. The van der Waals surface area contributed by atoms with Gasteiger partial charge in [-0.1, -0.05) is 18.2 Å². The van der Waals surface area contributed by atoms with Crippen molar-refractivity contribution < 1.29 is 0 Å². The summed E-state index contributed by atoms with van der Waals surface area (Å²) in [4.78, 5) is 0. The van der Waals surface area contributed by atoms with Crippen LogP contribution >= 0.6 is 0 Å². The minimum atomic E-state index is 0.500. The van der Waals surface area contributed by atoms with E-state index in [0.29, 0.717) is 5.41 Å². The van der Waals surface area contributed by atoms with Crippen LogP contribution in [0.25, 0.3) is 10.9 Å². The lowest BCUT2D eigenvalue weighted by molar-refractivity contribution is 0.448. The normalized spacial score (nSPS) is 20.9. The molecule has 3 nitrogen and oxygen atoms in total. The first-order valence-corrected chi connectivity index (χ1v) is 7.40. The Hall–Kier alpha value is -1.35. The predicted octanol–water partition coefficient (Wildman–Crippen LogP) is 2.65. The quantitative estimate of drug-likeness (QED) is 0.890. The molecule has 2 aromatic rings. The number of hydrogen-bond donors (Lipinski definition) is 1. The molecule has 100 valence electrons. The van der Waals surface area contributed by atoms with Gasteiger partial charge in [0.2, 0.25) is 0 Å². The van der Waals surface area contributed by atoms with E-state index >= 15 is 0 Å². The maximum absolute atomic E-state index is 4.75. The molecule has 2 saturated carbocycles. The van der Waals surface area contributed by atoms with E-state index in [1.165, 1.54) is 48.8 Å². The number of fused-ring (bicyclic) bond motifs is 1. The van der Waals surface area contributed by atoms with Gasteiger partial charge in [-0.3, -0.25) is 4.68 Å². The molecule has 2 aliphatic carbocycles. The Morgan fingerprint density at radius 2 is 2.11 bits per heavy atom. The van der Waals surface area contributed by atoms with Crippen LogP contribution in [0.2, 0.25) is 0 Å². The molecule has 2 aliphatic rings. The van der Waals surface area contributed by atoms with Gasteiger partial charge in [0.1, 0.15) is 0 Å². The van der Waals surface area contributed by atoms with Crippen LogP contribution in [-0.4, -0.2) is 22.4 Å².